The number of rotatable bonds is 7. The Morgan fingerprint density at radius 3 is 2.33 bits per heavy atom. The summed E-state index contributed by atoms with van der Waals surface area (Å²) in [5.41, 5.74) is 1.49. The number of phenols is 1. The van der Waals surface area contributed by atoms with Gasteiger partial charge in [-0.25, -0.2) is 4.79 Å². The first-order chi connectivity index (χ1) is 12.7. The second-order valence-corrected chi connectivity index (χ2v) is 7.82. The number of ether oxygens (including phenoxy) is 1. The number of carboxylic acid groups (broad SMARTS) is 1. The zero-order valence-corrected chi connectivity index (χ0v) is 18.1. The second-order valence-electron chi connectivity index (χ2n) is 6.11. The Bertz CT molecular complexity index is 844. The number of halogens is 2. The summed E-state index contributed by atoms with van der Waals surface area (Å²) in [4.78, 5) is 15.6. The van der Waals surface area contributed by atoms with Gasteiger partial charge in [-0.1, -0.05) is 19.0 Å². The highest BCUT2D eigenvalue weighted by atomic mass is 79.9. The molecule has 0 aromatic heterocycles. The van der Waals surface area contributed by atoms with Crippen molar-refractivity contribution in [1.29, 1.82) is 0 Å². The molecule has 0 saturated carbocycles. The van der Waals surface area contributed by atoms with Crippen LogP contribution >= 0.6 is 31.9 Å². The van der Waals surface area contributed by atoms with Crippen LogP contribution in [0.2, 0.25) is 0 Å². The summed E-state index contributed by atoms with van der Waals surface area (Å²) in [5, 5.41) is 22.4. The third-order valence-corrected chi connectivity index (χ3v) is 4.81. The monoisotopic (exact) mass is 499 g/mol. The van der Waals surface area contributed by atoms with Crippen molar-refractivity contribution in [1.82, 2.24) is 0 Å². The average Bonchev–Trinajstić information content (AvgIpc) is 2.59. The Balaban J connectivity index is 2.21. The number of phenolic OH excluding ortho intramolecular Hbond substituents is 1. The summed E-state index contributed by atoms with van der Waals surface area (Å²) < 4.78 is 7.30. The predicted octanol–water partition coefficient (Wildman–Crippen LogP) is 5.66. The van der Waals surface area contributed by atoms with E-state index in [1.54, 1.807) is 30.3 Å². The van der Waals surface area contributed by atoms with Crippen LogP contribution in [0.15, 0.2) is 44.4 Å². The molecular weight excluding hydrogens is 482 g/mol. The van der Waals surface area contributed by atoms with Gasteiger partial charge in [-0.05, 0) is 80.6 Å². The topological polar surface area (TPSA) is 88.4 Å². The molecule has 2 N–H and O–H groups in total. The molecule has 0 aliphatic carbocycles. The van der Waals surface area contributed by atoms with Crippen molar-refractivity contribution in [3.05, 3.63) is 50.4 Å². The smallest absolute Gasteiger partial charge is 0.347 e. The number of benzene rings is 2. The number of aliphatic carboxylic acids is 1. The lowest BCUT2D eigenvalue weighted by atomic mass is 10.0. The average molecular weight is 501 g/mol. The Labute approximate surface area is 174 Å². The molecule has 0 aliphatic rings. The highest BCUT2D eigenvalue weighted by Crippen LogP contribution is 2.39. The van der Waals surface area contributed by atoms with Gasteiger partial charge in [0.1, 0.15) is 11.5 Å². The normalized spacial score (nSPS) is 12.4. The van der Waals surface area contributed by atoms with E-state index in [0.29, 0.717) is 26.0 Å². The molecule has 0 amide bonds. The van der Waals surface area contributed by atoms with Gasteiger partial charge >= 0.3 is 5.97 Å². The predicted molar refractivity (Wildman–Crippen MR) is 110 cm³/mol. The van der Waals surface area contributed by atoms with E-state index in [-0.39, 0.29) is 11.7 Å². The van der Waals surface area contributed by atoms with E-state index in [1.165, 1.54) is 13.1 Å². The summed E-state index contributed by atoms with van der Waals surface area (Å²) in [6.07, 6.45) is 0.385. The molecule has 0 bridgehead atoms. The zero-order valence-electron chi connectivity index (χ0n) is 14.9. The highest BCUT2D eigenvalue weighted by Gasteiger charge is 2.13. The van der Waals surface area contributed by atoms with Gasteiger partial charge in [0.2, 0.25) is 6.10 Å². The van der Waals surface area contributed by atoms with E-state index in [4.69, 9.17) is 14.7 Å². The van der Waals surface area contributed by atoms with Crippen LogP contribution in [0.25, 0.3) is 0 Å². The third kappa shape index (κ3) is 5.71. The van der Waals surface area contributed by atoms with Crippen molar-refractivity contribution in [2.75, 3.05) is 0 Å². The molecule has 1 atom stereocenters. The molecule has 2 aromatic rings. The Hall–Kier alpha value is -2.06. The Morgan fingerprint density at radius 1 is 1.15 bits per heavy atom. The molecule has 0 heterocycles. The van der Waals surface area contributed by atoms with Gasteiger partial charge in [-0.3, -0.25) is 0 Å². The second kappa shape index (κ2) is 9.23. The number of aromatic hydroxyl groups is 1. The van der Waals surface area contributed by atoms with Gasteiger partial charge in [0.05, 0.1) is 15.2 Å². The fourth-order valence-electron chi connectivity index (χ4n) is 2.16. The van der Waals surface area contributed by atoms with Gasteiger partial charge in [0.25, 0.3) is 0 Å². The Kier molecular flexibility index (Phi) is 7.26. The summed E-state index contributed by atoms with van der Waals surface area (Å²) >= 11 is 6.92. The maximum atomic E-state index is 10.7. The van der Waals surface area contributed by atoms with Crippen LogP contribution in [0.1, 0.15) is 37.8 Å². The van der Waals surface area contributed by atoms with E-state index in [2.05, 4.69) is 37.0 Å². The van der Waals surface area contributed by atoms with Gasteiger partial charge in [-0.2, -0.15) is 0 Å². The first kappa shape index (κ1) is 21.2. The first-order valence-corrected chi connectivity index (χ1v) is 9.69. The molecule has 0 spiro atoms. The minimum absolute atomic E-state index is 0.159. The number of hydrogen-bond acceptors (Lipinski definition) is 5. The van der Waals surface area contributed by atoms with Crippen LogP contribution in [-0.4, -0.2) is 28.5 Å². The first-order valence-electron chi connectivity index (χ1n) is 8.10. The molecule has 2 rings (SSSR count). The molecule has 0 aliphatic heterocycles. The molecule has 27 heavy (non-hydrogen) atoms. The molecule has 0 radical (unpaired) electrons. The quantitative estimate of drug-likeness (QED) is 0.378. The molecule has 6 nitrogen and oxygen atoms in total. The van der Waals surface area contributed by atoms with Crippen LogP contribution in [0, 0.1) is 0 Å². The summed E-state index contributed by atoms with van der Waals surface area (Å²) in [7, 11) is 0. The van der Waals surface area contributed by atoms with Gasteiger partial charge in [0, 0.05) is 5.56 Å². The molecule has 144 valence electrons. The Morgan fingerprint density at radius 2 is 1.78 bits per heavy atom. The van der Waals surface area contributed by atoms with Crippen LogP contribution in [0.4, 0.5) is 0 Å². The molecule has 8 heteroatoms. The largest absolute Gasteiger partial charge is 0.508 e. The standard InChI is InChI=1S/C19H19Br2NO5/c1-10(2)14-8-13(4-5-17(14)23)26-18-15(20)6-12(7-16(18)21)9-22-27-11(3)19(24)25/h4-11,23H,1-3H3,(H,24,25)/b22-9-. The van der Waals surface area contributed by atoms with E-state index >= 15 is 0 Å². The van der Waals surface area contributed by atoms with Crippen molar-refractivity contribution in [3.8, 4) is 17.2 Å². The fraction of sp³-hybridized carbons (Fsp3) is 0.263. The lowest BCUT2D eigenvalue weighted by Gasteiger charge is -2.14. The molecule has 0 saturated heterocycles. The number of carboxylic acids is 1. The number of carbonyl (C=O) groups is 1. The van der Waals surface area contributed by atoms with Crippen molar-refractivity contribution >= 4 is 44.0 Å². The number of nitrogens with zero attached hydrogens (tertiary/aromatic N) is 1. The van der Waals surface area contributed by atoms with Crippen molar-refractivity contribution in [2.45, 2.75) is 32.8 Å². The third-order valence-electron chi connectivity index (χ3n) is 3.63. The van der Waals surface area contributed by atoms with Gasteiger partial charge < -0.3 is 19.8 Å². The maximum absolute atomic E-state index is 10.7. The van der Waals surface area contributed by atoms with Crippen LogP contribution in [-0.2, 0) is 9.63 Å². The summed E-state index contributed by atoms with van der Waals surface area (Å²) in [6, 6.07) is 8.63. The SMILES string of the molecule is CC(O/N=C\c1cc(Br)c(Oc2ccc(O)c(C(C)C)c2)c(Br)c1)C(=O)O. The number of oxime groups is 1. The maximum Gasteiger partial charge on any atom is 0.347 e. The molecule has 0 fully saturated rings. The minimum Gasteiger partial charge on any atom is -0.508 e. The van der Waals surface area contributed by atoms with E-state index < -0.39 is 12.1 Å². The lowest BCUT2D eigenvalue weighted by Crippen LogP contribution is -2.17. The highest BCUT2D eigenvalue weighted by molar-refractivity contribution is 9.11. The van der Waals surface area contributed by atoms with Crippen molar-refractivity contribution in [3.63, 3.8) is 0 Å². The van der Waals surface area contributed by atoms with Crippen LogP contribution < -0.4 is 4.74 Å². The summed E-state index contributed by atoms with van der Waals surface area (Å²) in [6.45, 7) is 5.38. The summed E-state index contributed by atoms with van der Waals surface area (Å²) in [5.74, 6) is 0.461. The molecular formula is C19H19Br2NO5. The van der Waals surface area contributed by atoms with E-state index in [1.807, 2.05) is 13.8 Å². The van der Waals surface area contributed by atoms with E-state index in [9.17, 15) is 9.90 Å². The van der Waals surface area contributed by atoms with E-state index in [0.717, 1.165) is 5.56 Å². The minimum atomic E-state index is -1.09. The number of hydrogen-bond donors (Lipinski definition) is 2. The van der Waals surface area contributed by atoms with Gasteiger partial charge in [-0.15, -0.1) is 0 Å². The van der Waals surface area contributed by atoms with Crippen LogP contribution in [0.3, 0.4) is 0 Å². The van der Waals surface area contributed by atoms with Crippen LogP contribution in [0.5, 0.6) is 17.2 Å². The fourth-order valence-corrected chi connectivity index (χ4v) is 3.54. The van der Waals surface area contributed by atoms with Gasteiger partial charge in [0.15, 0.2) is 5.75 Å². The molecule has 1 unspecified atom stereocenters. The lowest BCUT2D eigenvalue weighted by molar-refractivity contribution is -0.149. The van der Waals surface area contributed by atoms with Crippen molar-refractivity contribution < 1.29 is 24.6 Å². The van der Waals surface area contributed by atoms with Crippen molar-refractivity contribution in [2.24, 2.45) is 5.16 Å². The molecule has 2 aromatic carbocycles. The zero-order chi connectivity index (χ0) is 20.1.